The Morgan fingerprint density at radius 1 is 1.08 bits per heavy atom. The third-order valence-electron chi connectivity index (χ3n) is 3.60. The standard InChI is InChI=1S/C20H18N2O2S/c1-24-19-7-3-2-6-18(19)22-20(23)16-8-10-17(11-9-16)25-14-15-5-4-12-21-13-15/h2-13H,14H2,1H3,(H,22,23). The highest BCUT2D eigenvalue weighted by Gasteiger charge is 2.09. The zero-order valence-corrected chi connectivity index (χ0v) is 14.6. The largest absolute Gasteiger partial charge is 0.495 e. The molecule has 25 heavy (non-hydrogen) atoms. The number of carbonyl (C=O) groups excluding carboxylic acids is 1. The fraction of sp³-hybridized carbons (Fsp3) is 0.100. The summed E-state index contributed by atoms with van der Waals surface area (Å²) in [5.74, 6) is 1.33. The minimum Gasteiger partial charge on any atom is -0.495 e. The molecule has 1 amide bonds. The van der Waals surface area contributed by atoms with Gasteiger partial charge in [0.15, 0.2) is 0 Å². The first-order valence-electron chi connectivity index (χ1n) is 7.82. The van der Waals surface area contributed by atoms with Gasteiger partial charge in [0.25, 0.3) is 5.91 Å². The van der Waals surface area contributed by atoms with Crippen molar-refractivity contribution < 1.29 is 9.53 Å². The maximum atomic E-state index is 12.4. The third kappa shape index (κ3) is 4.61. The Hall–Kier alpha value is -2.79. The van der Waals surface area contributed by atoms with Crippen molar-refractivity contribution in [1.82, 2.24) is 4.98 Å². The molecule has 0 spiro atoms. The summed E-state index contributed by atoms with van der Waals surface area (Å²) in [4.78, 5) is 17.6. The van der Waals surface area contributed by atoms with Gasteiger partial charge in [0.2, 0.25) is 0 Å². The molecule has 3 rings (SSSR count). The van der Waals surface area contributed by atoms with Gasteiger partial charge < -0.3 is 10.1 Å². The van der Waals surface area contributed by atoms with E-state index in [1.54, 1.807) is 25.1 Å². The molecule has 3 aromatic rings. The van der Waals surface area contributed by atoms with Gasteiger partial charge in [0.1, 0.15) is 5.75 Å². The van der Waals surface area contributed by atoms with Crippen molar-refractivity contribution >= 4 is 23.4 Å². The first kappa shape index (κ1) is 17.0. The summed E-state index contributed by atoms with van der Waals surface area (Å²) in [5.41, 5.74) is 2.44. The number of hydrogen-bond donors (Lipinski definition) is 1. The van der Waals surface area contributed by atoms with Gasteiger partial charge in [0, 0.05) is 28.6 Å². The Balaban J connectivity index is 1.62. The number of nitrogens with one attached hydrogen (secondary N) is 1. The van der Waals surface area contributed by atoms with Crippen LogP contribution >= 0.6 is 11.8 Å². The maximum Gasteiger partial charge on any atom is 0.255 e. The number of pyridine rings is 1. The molecule has 126 valence electrons. The molecule has 1 N–H and O–H groups in total. The van der Waals surface area contributed by atoms with E-state index < -0.39 is 0 Å². The van der Waals surface area contributed by atoms with Crippen LogP contribution in [0.25, 0.3) is 0 Å². The van der Waals surface area contributed by atoms with E-state index in [2.05, 4.69) is 16.4 Å². The summed E-state index contributed by atoms with van der Waals surface area (Å²) in [5, 5.41) is 2.88. The van der Waals surface area contributed by atoms with E-state index >= 15 is 0 Å². The molecule has 0 radical (unpaired) electrons. The van der Waals surface area contributed by atoms with Crippen molar-refractivity contribution in [2.45, 2.75) is 10.6 Å². The predicted octanol–water partition coefficient (Wildman–Crippen LogP) is 4.63. The van der Waals surface area contributed by atoms with E-state index in [4.69, 9.17) is 4.74 Å². The fourth-order valence-electron chi connectivity index (χ4n) is 2.30. The lowest BCUT2D eigenvalue weighted by atomic mass is 10.2. The maximum absolute atomic E-state index is 12.4. The van der Waals surface area contributed by atoms with Crippen LogP contribution in [0.3, 0.4) is 0 Å². The van der Waals surface area contributed by atoms with Crippen molar-refractivity contribution in [2.75, 3.05) is 12.4 Å². The van der Waals surface area contributed by atoms with Gasteiger partial charge in [-0.3, -0.25) is 9.78 Å². The molecule has 0 saturated heterocycles. The van der Waals surface area contributed by atoms with Crippen LogP contribution in [0.2, 0.25) is 0 Å². The van der Waals surface area contributed by atoms with E-state index in [0.717, 1.165) is 10.6 Å². The van der Waals surface area contributed by atoms with Crippen molar-refractivity contribution in [3.8, 4) is 5.75 Å². The summed E-state index contributed by atoms with van der Waals surface area (Å²) >= 11 is 1.71. The molecule has 1 aromatic heterocycles. The zero-order valence-electron chi connectivity index (χ0n) is 13.8. The van der Waals surface area contributed by atoms with Gasteiger partial charge in [-0.05, 0) is 48.0 Å². The summed E-state index contributed by atoms with van der Waals surface area (Å²) in [6.07, 6.45) is 3.63. The number of para-hydroxylation sites is 2. The number of methoxy groups -OCH3 is 1. The highest BCUT2D eigenvalue weighted by atomic mass is 32.2. The van der Waals surface area contributed by atoms with E-state index in [0.29, 0.717) is 17.0 Å². The number of benzene rings is 2. The molecule has 2 aromatic carbocycles. The molecule has 0 atom stereocenters. The quantitative estimate of drug-likeness (QED) is 0.658. The first-order valence-corrected chi connectivity index (χ1v) is 8.81. The molecule has 0 aliphatic heterocycles. The van der Waals surface area contributed by atoms with Crippen LogP contribution in [0.4, 0.5) is 5.69 Å². The average Bonchev–Trinajstić information content (AvgIpc) is 2.68. The van der Waals surface area contributed by atoms with Gasteiger partial charge in [-0.2, -0.15) is 0 Å². The van der Waals surface area contributed by atoms with Crippen LogP contribution in [-0.2, 0) is 5.75 Å². The van der Waals surface area contributed by atoms with E-state index in [-0.39, 0.29) is 5.91 Å². The second-order valence-electron chi connectivity index (χ2n) is 5.33. The van der Waals surface area contributed by atoms with E-state index in [1.165, 1.54) is 5.56 Å². The average molecular weight is 350 g/mol. The van der Waals surface area contributed by atoms with Gasteiger partial charge in [-0.25, -0.2) is 0 Å². The molecular weight excluding hydrogens is 332 g/mol. The van der Waals surface area contributed by atoms with Gasteiger partial charge in [-0.15, -0.1) is 11.8 Å². The SMILES string of the molecule is COc1ccccc1NC(=O)c1ccc(SCc2cccnc2)cc1. The summed E-state index contributed by atoms with van der Waals surface area (Å²) in [6, 6.07) is 18.9. The predicted molar refractivity (Wildman–Crippen MR) is 101 cm³/mol. The Kier molecular flexibility index (Phi) is 5.69. The number of ether oxygens (including phenoxy) is 1. The number of rotatable bonds is 6. The third-order valence-corrected chi connectivity index (χ3v) is 4.68. The van der Waals surface area contributed by atoms with Crippen LogP contribution in [0, 0.1) is 0 Å². The minimum absolute atomic E-state index is 0.159. The second-order valence-corrected chi connectivity index (χ2v) is 6.38. The molecule has 0 unspecified atom stereocenters. The molecule has 4 nitrogen and oxygen atoms in total. The Morgan fingerprint density at radius 2 is 1.88 bits per heavy atom. The number of nitrogens with zero attached hydrogens (tertiary/aromatic N) is 1. The molecule has 0 fully saturated rings. The highest BCUT2D eigenvalue weighted by Crippen LogP contribution is 2.25. The molecular formula is C20H18N2O2S. The molecule has 0 aliphatic carbocycles. The van der Waals surface area contributed by atoms with Crippen LogP contribution < -0.4 is 10.1 Å². The summed E-state index contributed by atoms with van der Waals surface area (Å²) in [6.45, 7) is 0. The number of amides is 1. The summed E-state index contributed by atoms with van der Waals surface area (Å²) in [7, 11) is 1.58. The Bertz CT molecular complexity index is 836. The zero-order chi connectivity index (χ0) is 17.5. The number of thioether (sulfide) groups is 1. The Morgan fingerprint density at radius 3 is 2.60 bits per heavy atom. The first-order chi connectivity index (χ1) is 12.3. The van der Waals surface area contributed by atoms with E-state index in [9.17, 15) is 4.79 Å². The van der Waals surface area contributed by atoms with Crippen molar-refractivity contribution in [2.24, 2.45) is 0 Å². The lowest BCUT2D eigenvalue weighted by molar-refractivity contribution is 0.102. The topological polar surface area (TPSA) is 51.2 Å². The fourth-order valence-corrected chi connectivity index (χ4v) is 3.13. The van der Waals surface area contributed by atoms with Gasteiger partial charge in [0.05, 0.1) is 12.8 Å². The molecule has 1 heterocycles. The highest BCUT2D eigenvalue weighted by molar-refractivity contribution is 7.98. The van der Waals surface area contributed by atoms with Crippen molar-refractivity contribution in [3.05, 3.63) is 84.2 Å². The van der Waals surface area contributed by atoms with E-state index in [1.807, 2.05) is 60.8 Å². The smallest absolute Gasteiger partial charge is 0.255 e. The monoisotopic (exact) mass is 350 g/mol. The van der Waals surface area contributed by atoms with Crippen LogP contribution in [0.1, 0.15) is 15.9 Å². The van der Waals surface area contributed by atoms with Crippen molar-refractivity contribution in [1.29, 1.82) is 0 Å². The summed E-state index contributed by atoms with van der Waals surface area (Å²) < 4.78 is 5.25. The van der Waals surface area contributed by atoms with Crippen LogP contribution in [0.15, 0.2) is 78.0 Å². The van der Waals surface area contributed by atoms with Crippen LogP contribution in [0.5, 0.6) is 5.75 Å². The Labute approximate surface area is 151 Å². The number of anilines is 1. The second kappa shape index (κ2) is 8.35. The van der Waals surface area contributed by atoms with Crippen LogP contribution in [-0.4, -0.2) is 18.0 Å². The normalized spacial score (nSPS) is 10.3. The molecule has 0 aliphatic rings. The number of aromatic nitrogens is 1. The number of carbonyl (C=O) groups is 1. The lowest BCUT2D eigenvalue weighted by Gasteiger charge is -2.10. The van der Waals surface area contributed by atoms with Crippen molar-refractivity contribution in [3.63, 3.8) is 0 Å². The molecule has 0 saturated carbocycles. The van der Waals surface area contributed by atoms with Gasteiger partial charge in [-0.1, -0.05) is 18.2 Å². The molecule has 0 bridgehead atoms. The number of hydrogen-bond acceptors (Lipinski definition) is 4. The molecule has 5 heteroatoms. The lowest BCUT2D eigenvalue weighted by Crippen LogP contribution is -2.12. The minimum atomic E-state index is -0.159. The van der Waals surface area contributed by atoms with Gasteiger partial charge >= 0.3 is 0 Å².